The molecule has 2 atom stereocenters. The topological polar surface area (TPSA) is 111 Å². The number of β-amino-alcohol motifs (C(OH)–C–C–N with tert-alkyl or cyclic N) is 2. The fourth-order valence-electron chi connectivity index (χ4n) is 3.24. The van der Waals surface area contributed by atoms with Gasteiger partial charge in [-0.3, -0.25) is 4.31 Å². The molecule has 9 heteroatoms. The van der Waals surface area contributed by atoms with Crippen molar-refractivity contribution in [3.63, 3.8) is 0 Å². The molecule has 4 N–H and O–H groups in total. The minimum atomic E-state index is -3.92. The summed E-state index contributed by atoms with van der Waals surface area (Å²) in [5.74, 6) is 0.510. The van der Waals surface area contributed by atoms with Crippen molar-refractivity contribution >= 4 is 15.7 Å². The highest BCUT2D eigenvalue weighted by atomic mass is 32.2. The molecule has 0 saturated heterocycles. The van der Waals surface area contributed by atoms with E-state index in [9.17, 15) is 18.6 Å². The van der Waals surface area contributed by atoms with Gasteiger partial charge in [0.1, 0.15) is 18.5 Å². The molecule has 0 heterocycles. The van der Waals surface area contributed by atoms with Gasteiger partial charge in [-0.25, -0.2) is 8.42 Å². The predicted molar refractivity (Wildman–Crippen MR) is 145 cm³/mol. The van der Waals surface area contributed by atoms with Crippen LogP contribution in [-0.2, 0) is 10.0 Å². The average Bonchev–Trinajstić information content (AvgIpc) is 2.78. The number of rotatable bonds is 12. The van der Waals surface area contributed by atoms with Gasteiger partial charge in [-0.15, -0.1) is 0 Å². The molecule has 0 amide bonds. The molecule has 0 fully saturated rings. The van der Waals surface area contributed by atoms with Crippen LogP contribution in [0.5, 0.6) is 5.75 Å². The van der Waals surface area contributed by atoms with Crippen LogP contribution in [0.4, 0.5) is 5.69 Å². The first-order valence-corrected chi connectivity index (χ1v) is 13.7. The van der Waals surface area contributed by atoms with Gasteiger partial charge >= 0.3 is 0 Å². The van der Waals surface area contributed by atoms with Gasteiger partial charge in [-0.2, -0.15) is 0 Å². The van der Waals surface area contributed by atoms with Gasteiger partial charge in [0.25, 0.3) is 10.0 Å². The number of ether oxygens (including phenoxy) is 1. The third-order valence-corrected chi connectivity index (χ3v) is 7.10. The number of nitrogens with one attached hydrogen (secondary N) is 2. The van der Waals surface area contributed by atoms with E-state index in [1.807, 2.05) is 48.5 Å². The summed E-state index contributed by atoms with van der Waals surface area (Å²) in [5, 5.41) is 27.3. The summed E-state index contributed by atoms with van der Waals surface area (Å²) in [5.41, 5.74) is 1.04. The number of hydrogen-bond donors (Lipinski definition) is 4. The minimum Gasteiger partial charge on any atom is -0.491 e. The van der Waals surface area contributed by atoms with Crippen molar-refractivity contribution in [2.24, 2.45) is 0 Å². The second-order valence-electron chi connectivity index (χ2n) is 11.2. The Labute approximate surface area is 216 Å². The van der Waals surface area contributed by atoms with E-state index in [2.05, 4.69) is 10.6 Å². The minimum absolute atomic E-state index is 0.102. The van der Waals surface area contributed by atoms with E-state index < -0.39 is 22.2 Å². The van der Waals surface area contributed by atoms with Crippen LogP contribution in [0.1, 0.15) is 47.1 Å². The zero-order chi connectivity index (χ0) is 27.1. The zero-order valence-electron chi connectivity index (χ0n) is 22.6. The molecule has 0 unspecified atom stereocenters. The smallest absolute Gasteiger partial charge is 0.264 e. The summed E-state index contributed by atoms with van der Waals surface area (Å²) in [4.78, 5) is 0.152. The van der Waals surface area contributed by atoms with Crippen LogP contribution in [0.25, 0.3) is 0 Å². The third-order valence-electron chi connectivity index (χ3n) is 5.29. The lowest BCUT2D eigenvalue weighted by Crippen LogP contribution is -2.46. The van der Waals surface area contributed by atoms with Crippen LogP contribution in [0.3, 0.4) is 0 Å². The summed E-state index contributed by atoms with van der Waals surface area (Å²) >= 11 is 0. The van der Waals surface area contributed by atoms with Crippen LogP contribution in [0, 0.1) is 6.92 Å². The monoisotopic (exact) mass is 521 g/mol. The number of hydrogen-bond acceptors (Lipinski definition) is 7. The summed E-state index contributed by atoms with van der Waals surface area (Å²) in [6.07, 6.45) is -1.61. The summed E-state index contributed by atoms with van der Waals surface area (Å²) in [7, 11) is -3.92. The Morgan fingerprint density at radius 1 is 0.833 bits per heavy atom. The Hall–Kier alpha value is -2.17. The fraction of sp³-hybridized carbons (Fsp3) is 0.556. The second-order valence-corrected chi connectivity index (χ2v) is 13.1. The Morgan fingerprint density at radius 3 is 1.83 bits per heavy atom. The standard InChI is InChI=1S/C27H43N3O5S/c1-20-8-14-25(15-9-20)36(33,34)30(18-22(31)16-28-26(2,3)4)21-10-12-24(13-11-21)35-19-23(32)17-29-27(5,6)7/h8-15,22-23,28-29,31-32H,16-19H2,1-7H3/t22-,23-/m0/s1. The number of anilines is 1. The largest absolute Gasteiger partial charge is 0.491 e. The summed E-state index contributed by atoms with van der Waals surface area (Å²) in [6.45, 7) is 14.5. The maximum atomic E-state index is 13.6. The Balaban J connectivity index is 2.20. The van der Waals surface area contributed by atoms with Crippen LogP contribution >= 0.6 is 0 Å². The third kappa shape index (κ3) is 10.1. The molecular formula is C27H43N3O5S. The fourth-order valence-corrected chi connectivity index (χ4v) is 4.75. The van der Waals surface area contributed by atoms with E-state index in [4.69, 9.17) is 4.74 Å². The van der Waals surface area contributed by atoms with E-state index >= 15 is 0 Å². The Morgan fingerprint density at radius 2 is 1.33 bits per heavy atom. The molecule has 0 aliphatic carbocycles. The number of aryl methyl sites for hydroxylation is 1. The summed E-state index contributed by atoms with van der Waals surface area (Å²) in [6, 6.07) is 13.3. The molecular weight excluding hydrogens is 478 g/mol. The van der Waals surface area contributed by atoms with E-state index in [1.54, 1.807) is 48.5 Å². The van der Waals surface area contributed by atoms with Crippen molar-refractivity contribution in [1.82, 2.24) is 10.6 Å². The average molecular weight is 522 g/mol. The van der Waals surface area contributed by atoms with Gasteiger partial charge in [-0.1, -0.05) is 17.7 Å². The van der Waals surface area contributed by atoms with Crippen LogP contribution in [0.2, 0.25) is 0 Å². The Kier molecular flexibility index (Phi) is 10.3. The van der Waals surface area contributed by atoms with E-state index in [0.29, 0.717) is 18.0 Å². The Bertz CT molecular complexity index is 1040. The van der Waals surface area contributed by atoms with Crippen molar-refractivity contribution in [3.05, 3.63) is 54.1 Å². The molecule has 2 aromatic carbocycles. The highest BCUT2D eigenvalue weighted by Gasteiger charge is 2.28. The maximum Gasteiger partial charge on any atom is 0.264 e. The van der Waals surface area contributed by atoms with Gasteiger partial charge in [0.2, 0.25) is 0 Å². The first-order chi connectivity index (χ1) is 16.6. The zero-order valence-corrected chi connectivity index (χ0v) is 23.4. The number of benzene rings is 2. The normalized spacial score (nSPS) is 14.4. The van der Waals surface area contributed by atoms with Gasteiger partial charge in [-0.05, 0) is 84.9 Å². The quantitative estimate of drug-likeness (QED) is 0.340. The lowest BCUT2D eigenvalue weighted by Gasteiger charge is -2.29. The molecule has 2 rings (SSSR count). The van der Waals surface area contributed by atoms with Gasteiger partial charge in [0.15, 0.2) is 0 Å². The highest BCUT2D eigenvalue weighted by Crippen LogP contribution is 2.26. The van der Waals surface area contributed by atoms with Crippen LogP contribution < -0.4 is 19.7 Å². The number of sulfonamides is 1. The van der Waals surface area contributed by atoms with Crippen molar-refractivity contribution in [2.45, 2.75) is 76.6 Å². The van der Waals surface area contributed by atoms with Gasteiger partial charge in [0.05, 0.1) is 23.2 Å². The summed E-state index contributed by atoms with van der Waals surface area (Å²) < 4.78 is 34.0. The van der Waals surface area contributed by atoms with Gasteiger partial charge in [0, 0.05) is 24.2 Å². The molecule has 36 heavy (non-hydrogen) atoms. The molecule has 8 nitrogen and oxygen atoms in total. The second kappa shape index (κ2) is 12.4. The molecule has 0 spiro atoms. The maximum absolute atomic E-state index is 13.6. The molecule has 2 aromatic rings. The number of aliphatic hydroxyl groups excluding tert-OH is 2. The van der Waals surface area contributed by atoms with Crippen molar-refractivity contribution < 1.29 is 23.4 Å². The first kappa shape index (κ1) is 30.1. The number of nitrogens with zero attached hydrogens (tertiary/aromatic N) is 1. The first-order valence-electron chi connectivity index (χ1n) is 12.3. The van der Waals surface area contributed by atoms with Crippen molar-refractivity contribution in [1.29, 1.82) is 0 Å². The highest BCUT2D eigenvalue weighted by molar-refractivity contribution is 7.92. The van der Waals surface area contributed by atoms with E-state index in [0.717, 1.165) is 5.56 Å². The predicted octanol–water partition coefficient (Wildman–Crippen LogP) is 3.07. The lowest BCUT2D eigenvalue weighted by atomic mass is 10.1. The van der Waals surface area contributed by atoms with E-state index in [1.165, 1.54) is 4.31 Å². The number of aliphatic hydroxyl groups is 2. The van der Waals surface area contributed by atoms with E-state index in [-0.39, 0.29) is 35.7 Å². The van der Waals surface area contributed by atoms with Crippen LogP contribution in [-0.4, -0.2) is 68.2 Å². The molecule has 0 bridgehead atoms. The van der Waals surface area contributed by atoms with Crippen molar-refractivity contribution in [2.75, 3.05) is 30.5 Å². The molecule has 0 aromatic heterocycles. The lowest BCUT2D eigenvalue weighted by molar-refractivity contribution is 0.100. The van der Waals surface area contributed by atoms with Crippen molar-refractivity contribution in [3.8, 4) is 5.75 Å². The van der Waals surface area contributed by atoms with Gasteiger partial charge < -0.3 is 25.6 Å². The SMILES string of the molecule is Cc1ccc(S(=O)(=O)N(C[C@@H](O)CNC(C)(C)C)c2ccc(OC[C@@H](O)CNC(C)(C)C)cc2)cc1. The molecule has 0 aliphatic rings. The molecule has 0 aliphatic heterocycles. The molecule has 0 radical (unpaired) electrons. The molecule has 202 valence electrons. The molecule has 0 saturated carbocycles. The van der Waals surface area contributed by atoms with Crippen LogP contribution in [0.15, 0.2) is 53.4 Å².